The molecule has 0 spiro atoms. The Morgan fingerprint density at radius 2 is 2.07 bits per heavy atom. The van der Waals surface area contributed by atoms with Crippen LogP contribution in [0.25, 0.3) is 0 Å². The largest absolute Gasteiger partial charge is 0.392 e. The smallest absolute Gasteiger partial charge is 0.0615 e. The summed E-state index contributed by atoms with van der Waals surface area (Å²) in [6, 6.07) is 0. The van der Waals surface area contributed by atoms with Crippen LogP contribution in [-0.2, 0) is 0 Å². The zero-order valence-corrected chi connectivity index (χ0v) is 9.23. The van der Waals surface area contributed by atoms with Crippen molar-refractivity contribution in [3.63, 3.8) is 0 Å². The van der Waals surface area contributed by atoms with Crippen molar-refractivity contribution in [2.75, 3.05) is 6.61 Å². The first-order valence-electron chi connectivity index (χ1n) is 5.71. The fourth-order valence-electron chi connectivity index (χ4n) is 1.59. The lowest BCUT2D eigenvalue weighted by atomic mass is 10.0. The zero-order chi connectivity index (χ0) is 10.8. The first-order valence-corrected chi connectivity index (χ1v) is 5.71. The second-order valence-electron chi connectivity index (χ2n) is 3.69. The Kier molecular flexibility index (Phi) is 6.59. The predicted molar refractivity (Wildman–Crippen MR) is 65.7 cm³/mol. The van der Waals surface area contributed by atoms with E-state index in [1.54, 1.807) is 6.08 Å². The average molecular weight is 204 g/mol. The Bertz CT molecular complexity index is 269. The molecule has 82 valence electrons. The number of hydrogen-bond donors (Lipinski definition) is 1. The van der Waals surface area contributed by atoms with E-state index in [1.807, 2.05) is 12.2 Å². The van der Waals surface area contributed by atoms with Crippen molar-refractivity contribution in [1.82, 2.24) is 0 Å². The molecular formula is C14H20O. The van der Waals surface area contributed by atoms with E-state index in [0.29, 0.717) is 0 Å². The molecule has 0 unspecified atom stereocenters. The van der Waals surface area contributed by atoms with Crippen LogP contribution in [0.5, 0.6) is 0 Å². The van der Waals surface area contributed by atoms with Gasteiger partial charge in [0.05, 0.1) is 6.61 Å². The number of aliphatic hydroxyl groups excluding tert-OH is 1. The number of hydrogen-bond acceptors (Lipinski definition) is 1. The van der Waals surface area contributed by atoms with E-state index in [1.165, 1.54) is 31.3 Å². The van der Waals surface area contributed by atoms with Gasteiger partial charge in [0.1, 0.15) is 0 Å². The fraction of sp³-hybridized carbons (Fsp3) is 0.429. The molecule has 1 N–H and O–H groups in total. The van der Waals surface area contributed by atoms with Crippen LogP contribution in [0.15, 0.2) is 48.1 Å². The van der Waals surface area contributed by atoms with E-state index >= 15 is 0 Å². The number of aliphatic hydroxyl groups is 1. The van der Waals surface area contributed by atoms with Crippen LogP contribution in [0.4, 0.5) is 0 Å². The maximum atomic E-state index is 8.50. The number of allylic oxidation sites excluding steroid dienone is 7. The Balaban J connectivity index is 2.06. The highest BCUT2D eigenvalue weighted by Crippen LogP contribution is 2.15. The van der Waals surface area contributed by atoms with Crippen molar-refractivity contribution in [1.29, 1.82) is 0 Å². The van der Waals surface area contributed by atoms with Gasteiger partial charge in [-0.2, -0.15) is 0 Å². The topological polar surface area (TPSA) is 20.2 Å². The molecular weight excluding hydrogens is 184 g/mol. The van der Waals surface area contributed by atoms with Crippen LogP contribution in [0.2, 0.25) is 0 Å². The molecule has 0 atom stereocenters. The molecule has 0 radical (unpaired) electrons. The van der Waals surface area contributed by atoms with E-state index in [2.05, 4.69) is 24.3 Å². The summed E-state index contributed by atoms with van der Waals surface area (Å²) in [6.07, 6.45) is 20.5. The van der Waals surface area contributed by atoms with Gasteiger partial charge in [-0.25, -0.2) is 0 Å². The lowest BCUT2D eigenvalue weighted by molar-refractivity contribution is 0.343. The van der Waals surface area contributed by atoms with Gasteiger partial charge in [0.25, 0.3) is 0 Å². The van der Waals surface area contributed by atoms with Gasteiger partial charge >= 0.3 is 0 Å². The summed E-state index contributed by atoms with van der Waals surface area (Å²) < 4.78 is 0. The SMILES string of the molecule is OC/C=C/C=C/CCCC1=CCCC=C1. The average Bonchev–Trinajstić information content (AvgIpc) is 2.29. The molecule has 0 saturated carbocycles. The molecule has 0 aromatic carbocycles. The first kappa shape index (κ1) is 12.0. The van der Waals surface area contributed by atoms with E-state index < -0.39 is 0 Å². The molecule has 1 rings (SSSR count). The fourth-order valence-corrected chi connectivity index (χ4v) is 1.59. The summed E-state index contributed by atoms with van der Waals surface area (Å²) in [5.74, 6) is 0. The van der Waals surface area contributed by atoms with Gasteiger partial charge in [-0.3, -0.25) is 0 Å². The zero-order valence-electron chi connectivity index (χ0n) is 9.23. The highest BCUT2D eigenvalue weighted by atomic mass is 16.2. The monoisotopic (exact) mass is 204 g/mol. The molecule has 15 heavy (non-hydrogen) atoms. The molecule has 1 aliphatic carbocycles. The number of rotatable bonds is 6. The van der Waals surface area contributed by atoms with Crippen molar-refractivity contribution in [2.24, 2.45) is 0 Å². The second kappa shape index (κ2) is 8.25. The highest BCUT2D eigenvalue weighted by Gasteiger charge is 1.95. The van der Waals surface area contributed by atoms with Crippen LogP contribution in [0, 0.1) is 0 Å². The Hall–Kier alpha value is -1.08. The molecule has 0 aromatic rings. The van der Waals surface area contributed by atoms with Crippen LogP contribution in [0.3, 0.4) is 0 Å². The standard InChI is InChI=1S/C14H20O/c15-13-9-4-2-1-3-6-10-14-11-7-5-8-12-14/h1-2,4,7,9,11-12,15H,3,5-6,8,10,13H2/b2-1+,9-4+. The van der Waals surface area contributed by atoms with Crippen LogP contribution < -0.4 is 0 Å². The van der Waals surface area contributed by atoms with E-state index in [-0.39, 0.29) is 6.61 Å². The highest BCUT2D eigenvalue weighted by molar-refractivity contribution is 5.21. The Morgan fingerprint density at radius 3 is 2.80 bits per heavy atom. The van der Waals surface area contributed by atoms with Gasteiger partial charge < -0.3 is 5.11 Å². The third-order valence-corrected chi connectivity index (χ3v) is 2.40. The van der Waals surface area contributed by atoms with Crippen molar-refractivity contribution >= 4 is 0 Å². The summed E-state index contributed by atoms with van der Waals surface area (Å²) in [6.45, 7) is 0.127. The maximum absolute atomic E-state index is 8.50. The van der Waals surface area contributed by atoms with Gasteiger partial charge in [-0.05, 0) is 32.1 Å². The quantitative estimate of drug-likeness (QED) is 0.518. The summed E-state index contributed by atoms with van der Waals surface area (Å²) >= 11 is 0. The maximum Gasteiger partial charge on any atom is 0.0615 e. The van der Waals surface area contributed by atoms with E-state index in [9.17, 15) is 0 Å². The summed E-state index contributed by atoms with van der Waals surface area (Å²) in [7, 11) is 0. The Morgan fingerprint density at radius 1 is 1.20 bits per heavy atom. The van der Waals surface area contributed by atoms with Crippen molar-refractivity contribution in [3.8, 4) is 0 Å². The second-order valence-corrected chi connectivity index (χ2v) is 3.69. The molecule has 0 fully saturated rings. The molecule has 0 heterocycles. The van der Waals surface area contributed by atoms with Crippen LogP contribution in [-0.4, -0.2) is 11.7 Å². The minimum atomic E-state index is 0.127. The summed E-state index contributed by atoms with van der Waals surface area (Å²) in [5, 5.41) is 8.50. The third-order valence-electron chi connectivity index (χ3n) is 2.40. The predicted octanol–water partition coefficient (Wildman–Crippen LogP) is 3.54. The molecule has 0 aliphatic heterocycles. The van der Waals surface area contributed by atoms with Gasteiger partial charge in [0.15, 0.2) is 0 Å². The molecule has 0 aromatic heterocycles. The molecule has 0 bridgehead atoms. The molecule has 1 nitrogen and oxygen atoms in total. The summed E-state index contributed by atoms with van der Waals surface area (Å²) in [5.41, 5.74) is 1.49. The van der Waals surface area contributed by atoms with Crippen molar-refractivity contribution in [2.45, 2.75) is 32.1 Å². The van der Waals surface area contributed by atoms with Crippen LogP contribution >= 0.6 is 0 Å². The van der Waals surface area contributed by atoms with Crippen molar-refractivity contribution < 1.29 is 5.11 Å². The summed E-state index contributed by atoms with van der Waals surface area (Å²) in [4.78, 5) is 0. The molecule has 1 aliphatic rings. The van der Waals surface area contributed by atoms with Crippen molar-refractivity contribution in [3.05, 3.63) is 48.1 Å². The Labute approximate surface area is 92.5 Å². The molecule has 0 saturated heterocycles. The third kappa shape index (κ3) is 6.08. The van der Waals surface area contributed by atoms with Gasteiger partial charge in [-0.15, -0.1) is 0 Å². The lowest BCUT2D eigenvalue weighted by Gasteiger charge is -2.04. The van der Waals surface area contributed by atoms with E-state index in [0.717, 1.165) is 6.42 Å². The van der Waals surface area contributed by atoms with Crippen LogP contribution in [0.1, 0.15) is 32.1 Å². The van der Waals surface area contributed by atoms with Gasteiger partial charge in [0, 0.05) is 0 Å². The van der Waals surface area contributed by atoms with E-state index in [4.69, 9.17) is 5.11 Å². The molecule has 1 heteroatoms. The lowest BCUT2D eigenvalue weighted by Crippen LogP contribution is -1.84. The minimum absolute atomic E-state index is 0.127. The van der Waals surface area contributed by atoms with Gasteiger partial charge in [-0.1, -0.05) is 48.1 Å². The first-order chi connectivity index (χ1) is 7.43. The normalized spacial score (nSPS) is 16.5. The minimum Gasteiger partial charge on any atom is -0.392 e. The van der Waals surface area contributed by atoms with Gasteiger partial charge in [0.2, 0.25) is 0 Å². The molecule has 0 amide bonds. The number of unbranched alkanes of at least 4 members (excludes halogenated alkanes) is 1.